The van der Waals surface area contributed by atoms with Gasteiger partial charge >= 0.3 is 0 Å². The minimum absolute atomic E-state index is 0.1000. The predicted molar refractivity (Wildman–Crippen MR) is 136 cm³/mol. The summed E-state index contributed by atoms with van der Waals surface area (Å²) in [6, 6.07) is 14.7. The van der Waals surface area contributed by atoms with Crippen LogP contribution in [0.5, 0.6) is 0 Å². The fourth-order valence-corrected chi connectivity index (χ4v) is 4.88. The van der Waals surface area contributed by atoms with Crippen LogP contribution in [-0.4, -0.2) is 44.9 Å². The summed E-state index contributed by atoms with van der Waals surface area (Å²) < 4.78 is 5.43. The molecule has 2 N–H and O–H groups in total. The smallest absolute Gasteiger partial charge is 0.253 e. The number of benzene rings is 1. The van der Waals surface area contributed by atoms with E-state index in [0.29, 0.717) is 42.6 Å². The number of carbonyl (C=O) groups excluding carboxylic acids is 2. The zero-order valence-corrected chi connectivity index (χ0v) is 20.4. The van der Waals surface area contributed by atoms with Crippen LogP contribution in [0.1, 0.15) is 34.7 Å². The van der Waals surface area contributed by atoms with Gasteiger partial charge in [-0.25, -0.2) is 0 Å². The Bertz CT molecular complexity index is 1310. The van der Waals surface area contributed by atoms with Gasteiger partial charge in [0.1, 0.15) is 0 Å². The lowest BCUT2D eigenvalue weighted by molar-refractivity contribution is -0.121. The van der Waals surface area contributed by atoms with Gasteiger partial charge in [0, 0.05) is 25.5 Å². The highest BCUT2D eigenvalue weighted by molar-refractivity contribution is 7.13. The highest BCUT2D eigenvalue weighted by Gasteiger charge is 2.28. The summed E-state index contributed by atoms with van der Waals surface area (Å²) in [4.78, 5) is 37.7. The van der Waals surface area contributed by atoms with Crippen molar-refractivity contribution in [3.8, 4) is 10.7 Å². The maximum absolute atomic E-state index is 13.2. The Balaban J connectivity index is 1.19. The average Bonchev–Trinajstić information content (AvgIpc) is 3.61. The van der Waals surface area contributed by atoms with E-state index in [1.165, 1.54) is 0 Å². The molecule has 1 aliphatic rings. The standard InChI is InChI=1S/C26H26N6O3S/c33-25(29-21-9-2-1-8-20(21)26(34)28-15-18-6-3-11-27-14-18)19-7-4-12-32(16-19)17-23-30-24(31-35-23)22-10-5-13-36-22/h1-3,5-6,8-11,13-14,19H,4,7,12,15-17H2,(H,28,34)(H,29,33). The molecule has 1 fully saturated rings. The number of hydrogen-bond acceptors (Lipinski definition) is 8. The first kappa shape index (κ1) is 23.8. The molecular formula is C26H26N6O3S. The van der Waals surface area contributed by atoms with E-state index in [0.717, 1.165) is 29.8 Å². The molecule has 4 heterocycles. The number of nitrogens with one attached hydrogen (secondary N) is 2. The number of piperidine rings is 1. The molecule has 2 amide bonds. The number of carbonyl (C=O) groups is 2. The van der Waals surface area contributed by atoms with Crippen LogP contribution in [0.4, 0.5) is 5.69 Å². The van der Waals surface area contributed by atoms with Crippen LogP contribution in [0.15, 0.2) is 70.8 Å². The first-order valence-corrected chi connectivity index (χ1v) is 12.7. The second-order valence-corrected chi connectivity index (χ2v) is 9.59. The number of amides is 2. The van der Waals surface area contributed by atoms with E-state index >= 15 is 0 Å². The molecule has 3 aromatic heterocycles. The Hall–Kier alpha value is -3.89. The van der Waals surface area contributed by atoms with Crippen molar-refractivity contribution in [2.45, 2.75) is 25.9 Å². The van der Waals surface area contributed by atoms with E-state index in [-0.39, 0.29) is 17.7 Å². The van der Waals surface area contributed by atoms with Gasteiger partial charge in [-0.1, -0.05) is 29.4 Å². The zero-order chi connectivity index (χ0) is 24.7. The van der Waals surface area contributed by atoms with E-state index in [1.54, 1.807) is 48.0 Å². The van der Waals surface area contributed by atoms with Gasteiger partial charge in [-0.2, -0.15) is 4.98 Å². The van der Waals surface area contributed by atoms with Crippen molar-refractivity contribution in [2.75, 3.05) is 18.4 Å². The molecule has 184 valence electrons. The van der Waals surface area contributed by atoms with Gasteiger partial charge in [0.05, 0.1) is 28.6 Å². The highest BCUT2D eigenvalue weighted by atomic mass is 32.1. The third-order valence-corrected chi connectivity index (χ3v) is 6.92. The van der Waals surface area contributed by atoms with Crippen LogP contribution in [0.2, 0.25) is 0 Å². The van der Waals surface area contributed by atoms with Crippen molar-refractivity contribution in [2.24, 2.45) is 5.92 Å². The van der Waals surface area contributed by atoms with Gasteiger partial charge in [0.2, 0.25) is 17.6 Å². The highest BCUT2D eigenvalue weighted by Crippen LogP contribution is 2.24. The van der Waals surface area contributed by atoms with E-state index < -0.39 is 0 Å². The molecule has 1 saturated heterocycles. The molecule has 1 unspecified atom stereocenters. The van der Waals surface area contributed by atoms with Crippen molar-refractivity contribution in [1.82, 2.24) is 25.3 Å². The average molecular weight is 503 g/mol. The van der Waals surface area contributed by atoms with Gasteiger partial charge in [0.25, 0.3) is 5.91 Å². The summed E-state index contributed by atoms with van der Waals surface area (Å²) in [6.45, 7) is 2.29. The second kappa shape index (κ2) is 11.2. The fourth-order valence-electron chi connectivity index (χ4n) is 4.23. The molecule has 10 heteroatoms. The Labute approximate surface area is 212 Å². The topological polar surface area (TPSA) is 113 Å². The van der Waals surface area contributed by atoms with E-state index in [4.69, 9.17) is 4.52 Å². The molecule has 5 rings (SSSR count). The first-order chi connectivity index (χ1) is 17.7. The Kier molecular flexibility index (Phi) is 7.44. The molecule has 4 aromatic rings. The van der Waals surface area contributed by atoms with Crippen molar-refractivity contribution in [3.05, 3.63) is 83.3 Å². The monoisotopic (exact) mass is 502 g/mol. The second-order valence-electron chi connectivity index (χ2n) is 8.64. The summed E-state index contributed by atoms with van der Waals surface area (Å²) in [5.41, 5.74) is 1.83. The van der Waals surface area contributed by atoms with E-state index in [1.807, 2.05) is 29.6 Å². The molecule has 1 atom stereocenters. The number of pyridine rings is 1. The maximum Gasteiger partial charge on any atom is 0.253 e. The molecule has 0 spiro atoms. The summed E-state index contributed by atoms with van der Waals surface area (Å²) >= 11 is 1.56. The molecule has 1 aliphatic heterocycles. The lowest BCUT2D eigenvalue weighted by Crippen LogP contribution is -2.40. The van der Waals surface area contributed by atoms with Crippen molar-refractivity contribution < 1.29 is 14.1 Å². The zero-order valence-electron chi connectivity index (χ0n) is 19.6. The third-order valence-electron chi connectivity index (χ3n) is 6.05. The molecule has 1 aromatic carbocycles. The van der Waals surface area contributed by atoms with Crippen molar-refractivity contribution in [1.29, 1.82) is 0 Å². The SMILES string of the molecule is O=C(NCc1cccnc1)c1ccccc1NC(=O)C1CCCN(Cc2nc(-c3cccs3)no2)C1. The van der Waals surface area contributed by atoms with Crippen LogP contribution in [-0.2, 0) is 17.9 Å². The Morgan fingerprint density at radius 3 is 2.89 bits per heavy atom. The van der Waals surface area contributed by atoms with Crippen LogP contribution in [0, 0.1) is 5.92 Å². The van der Waals surface area contributed by atoms with Crippen LogP contribution in [0.25, 0.3) is 10.7 Å². The number of hydrogen-bond donors (Lipinski definition) is 2. The minimum atomic E-state index is -0.252. The lowest BCUT2D eigenvalue weighted by atomic mass is 9.96. The predicted octanol–water partition coefficient (Wildman–Crippen LogP) is 3.97. The third kappa shape index (κ3) is 5.84. The Morgan fingerprint density at radius 1 is 1.14 bits per heavy atom. The van der Waals surface area contributed by atoms with Gasteiger partial charge < -0.3 is 15.2 Å². The molecule has 0 bridgehead atoms. The number of para-hydroxylation sites is 1. The summed E-state index contributed by atoms with van der Waals surface area (Å²) in [5, 5.41) is 11.9. The summed E-state index contributed by atoms with van der Waals surface area (Å²) in [7, 11) is 0. The molecule has 0 radical (unpaired) electrons. The number of aromatic nitrogens is 3. The largest absolute Gasteiger partial charge is 0.348 e. The normalized spacial score (nSPS) is 15.9. The number of rotatable bonds is 8. The van der Waals surface area contributed by atoms with Gasteiger partial charge in [0.15, 0.2) is 0 Å². The molecule has 9 nitrogen and oxygen atoms in total. The first-order valence-electron chi connectivity index (χ1n) is 11.8. The minimum Gasteiger partial charge on any atom is -0.348 e. The van der Waals surface area contributed by atoms with E-state index in [9.17, 15) is 9.59 Å². The quantitative estimate of drug-likeness (QED) is 0.375. The number of anilines is 1. The number of nitrogens with zero attached hydrogens (tertiary/aromatic N) is 4. The van der Waals surface area contributed by atoms with Gasteiger partial charge in [-0.15, -0.1) is 11.3 Å². The fraction of sp³-hybridized carbons (Fsp3) is 0.269. The maximum atomic E-state index is 13.2. The van der Waals surface area contributed by atoms with Crippen LogP contribution >= 0.6 is 11.3 Å². The summed E-state index contributed by atoms with van der Waals surface area (Å²) in [6.07, 6.45) is 5.06. The molecule has 0 saturated carbocycles. The number of likely N-dealkylation sites (tertiary alicyclic amines) is 1. The van der Waals surface area contributed by atoms with Crippen LogP contribution < -0.4 is 10.6 Å². The van der Waals surface area contributed by atoms with Gasteiger partial charge in [-0.3, -0.25) is 19.5 Å². The van der Waals surface area contributed by atoms with E-state index in [2.05, 4.69) is 30.7 Å². The molecule has 36 heavy (non-hydrogen) atoms. The van der Waals surface area contributed by atoms with Crippen molar-refractivity contribution >= 4 is 28.8 Å². The van der Waals surface area contributed by atoms with Crippen LogP contribution in [0.3, 0.4) is 0 Å². The lowest BCUT2D eigenvalue weighted by Gasteiger charge is -2.31. The molecular weight excluding hydrogens is 476 g/mol. The number of thiophene rings is 1. The van der Waals surface area contributed by atoms with Gasteiger partial charge in [-0.05, 0) is 54.6 Å². The molecule has 0 aliphatic carbocycles. The summed E-state index contributed by atoms with van der Waals surface area (Å²) in [5.74, 6) is 0.569. The Morgan fingerprint density at radius 2 is 2.06 bits per heavy atom. The van der Waals surface area contributed by atoms with Crippen molar-refractivity contribution in [3.63, 3.8) is 0 Å².